The smallest absolute Gasteiger partial charge is 0.145 e. The average molecular weight is 857 g/mol. The molecule has 0 N–H and O–H groups in total. The minimum Gasteiger partial charge on any atom is -0.309 e. The molecule has 8 heteroatoms. The highest BCUT2D eigenvalue weighted by Crippen LogP contribution is 2.53. The van der Waals surface area contributed by atoms with Crippen molar-refractivity contribution in [1.82, 2.24) is 19.1 Å². The SMILES string of the molecule is Cc1cc(-n2c3ccccc3c3ccccc32)c(C)cc1-c1ccc2c3c(ccc(-c4cc(C)c(-n5c6ccccc6c6ccccc65)cc4C)c13)-c1nc(SC#N)c(SC#N)nc1-2. The maximum Gasteiger partial charge on any atom is 0.145 e. The minimum atomic E-state index is 0.442. The van der Waals surface area contributed by atoms with E-state index in [-0.39, 0.29) is 0 Å². The lowest BCUT2D eigenvalue weighted by Crippen LogP contribution is -2.00. The van der Waals surface area contributed by atoms with E-state index in [1.807, 2.05) is 0 Å². The van der Waals surface area contributed by atoms with Crippen LogP contribution in [0.1, 0.15) is 22.3 Å². The van der Waals surface area contributed by atoms with E-state index in [0.717, 1.165) is 102 Å². The summed E-state index contributed by atoms with van der Waals surface area (Å²) in [4.78, 5) is 10.1. The summed E-state index contributed by atoms with van der Waals surface area (Å²) in [5, 5.41) is 31.8. The standard InChI is InChI=1S/C56H36N6S2/c1-31-27-49(61-45-17-9-5-13-35(45)36-14-6-10-18-46(36)61)33(3)25-43(31)39-21-23-41-52-42(54-53(41)59-55(63-29-57)56(60-54)64-30-58)24-22-40(51(39)52)44-26-34(4)50(28-32(44)2)62-47-19-11-7-15-37(47)38-16-8-12-20-48(38)62/h5-28H,1-4H3. The molecule has 0 bridgehead atoms. The predicted octanol–water partition coefficient (Wildman–Crippen LogP) is 15.2. The maximum absolute atomic E-state index is 9.73. The molecular formula is C56H36N6S2. The van der Waals surface area contributed by atoms with Crippen molar-refractivity contribution < 1.29 is 0 Å². The first kappa shape index (κ1) is 38.1. The topological polar surface area (TPSA) is 83.2 Å². The van der Waals surface area contributed by atoms with Crippen LogP contribution in [0.2, 0.25) is 0 Å². The third kappa shape index (κ3) is 5.47. The Morgan fingerprint density at radius 1 is 0.391 bits per heavy atom. The summed E-state index contributed by atoms with van der Waals surface area (Å²) in [5.74, 6) is 0. The first-order valence-electron chi connectivity index (χ1n) is 21.2. The number of rotatable bonds is 6. The van der Waals surface area contributed by atoms with E-state index < -0.39 is 0 Å². The summed E-state index contributed by atoms with van der Waals surface area (Å²) in [5.41, 5.74) is 19.7. The second-order valence-corrected chi connectivity index (χ2v) is 18.2. The van der Waals surface area contributed by atoms with E-state index in [1.54, 1.807) is 0 Å². The van der Waals surface area contributed by atoms with E-state index >= 15 is 0 Å². The van der Waals surface area contributed by atoms with Gasteiger partial charge in [-0.05, 0) is 126 Å². The van der Waals surface area contributed by atoms with Crippen LogP contribution in [-0.4, -0.2) is 19.1 Å². The van der Waals surface area contributed by atoms with Crippen molar-refractivity contribution in [2.75, 3.05) is 0 Å². The van der Waals surface area contributed by atoms with Crippen LogP contribution in [0.3, 0.4) is 0 Å². The highest BCUT2D eigenvalue weighted by molar-refractivity contribution is 8.06. The number of thioether (sulfide) groups is 2. The molecule has 1 aliphatic carbocycles. The summed E-state index contributed by atoms with van der Waals surface area (Å²) >= 11 is 1.88. The van der Waals surface area contributed by atoms with Crippen LogP contribution in [0, 0.1) is 49.0 Å². The molecule has 6 nitrogen and oxygen atoms in total. The summed E-state index contributed by atoms with van der Waals surface area (Å²) in [6.07, 6.45) is 0. The molecule has 64 heavy (non-hydrogen) atoms. The fraction of sp³-hybridized carbons (Fsp3) is 0.0714. The molecule has 3 aromatic heterocycles. The normalized spacial score (nSPS) is 11.8. The summed E-state index contributed by atoms with van der Waals surface area (Å²) < 4.78 is 4.81. The Morgan fingerprint density at radius 3 is 1.08 bits per heavy atom. The monoisotopic (exact) mass is 856 g/mol. The van der Waals surface area contributed by atoms with Gasteiger partial charge < -0.3 is 9.13 Å². The molecule has 0 unspecified atom stereocenters. The number of aryl methyl sites for hydroxylation is 4. The van der Waals surface area contributed by atoms with Crippen LogP contribution < -0.4 is 0 Å². The number of nitrogens with zero attached hydrogens (tertiary/aromatic N) is 6. The second kappa shape index (κ2) is 14.5. The molecule has 1 aliphatic rings. The van der Waals surface area contributed by atoms with E-state index in [0.29, 0.717) is 10.1 Å². The number of thiocyanates is 2. The van der Waals surface area contributed by atoms with Gasteiger partial charge in [-0.2, -0.15) is 10.5 Å². The van der Waals surface area contributed by atoms with Crippen LogP contribution in [0.4, 0.5) is 0 Å². The molecule has 3 heterocycles. The Kier molecular flexibility index (Phi) is 8.61. The number of hydrogen-bond acceptors (Lipinski definition) is 6. The summed E-state index contributed by atoms with van der Waals surface area (Å²) in [7, 11) is 0. The lowest BCUT2D eigenvalue weighted by atomic mass is 9.85. The van der Waals surface area contributed by atoms with Gasteiger partial charge in [-0.3, -0.25) is 0 Å². The van der Waals surface area contributed by atoms with E-state index in [2.05, 4.69) is 193 Å². The zero-order valence-corrected chi connectivity index (χ0v) is 37.0. The molecular weight excluding hydrogens is 821 g/mol. The molecule has 0 spiro atoms. The van der Waals surface area contributed by atoms with Crippen LogP contribution in [0.25, 0.3) is 111 Å². The van der Waals surface area contributed by atoms with Gasteiger partial charge in [0.1, 0.15) is 20.9 Å². The molecule has 0 fully saturated rings. The Hall–Kier alpha value is -7.62. The van der Waals surface area contributed by atoms with Crippen molar-refractivity contribution in [2.45, 2.75) is 37.7 Å². The van der Waals surface area contributed by atoms with Crippen molar-refractivity contribution in [3.8, 4) is 66.9 Å². The molecule has 0 aliphatic heterocycles. The Labute approximate surface area is 378 Å². The molecule has 0 atom stereocenters. The highest BCUT2D eigenvalue weighted by Gasteiger charge is 2.30. The van der Waals surface area contributed by atoms with Gasteiger partial charge in [0.25, 0.3) is 0 Å². The number of aromatic nitrogens is 4. The van der Waals surface area contributed by atoms with Gasteiger partial charge in [-0.25, -0.2) is 9.97 Å². The van der Waals surface area contributed by atoms with Crippen molar-refractivity contribution in [3.63, 3.8) is 0 Å². The number of benzene rings is 8. The van der Waals surface area contributed by atoms with E-state index in [9.17, 15) is 10.5 Å². The molecule has 0 saturated carbocycles. The number of para-hydroxylation sites is 4. The van der Waals surface area contributed by atoms with Crippen LogP contribution in [0.5, 0.6) is 0 Å². The van der Waals surface area contributed by atoms with Gasteiger partial charge in [-0.15, -0.1) is 0 Å². The van der Waals surface area contributed by atoms with Gasteiger partial charge in [-0.1, -0.05) is 97.1 Å². The first-order chi connectivity index (χ1) is 31.3. The van der Waals surface area contributed by atoms with Gasteiger partial charge in [0.2, 0.25) is 0 Å². The van der Waals surface area contributed by atoms with Crippen molar-refractivity contribution in [2.24, 2.45) is 0 Å². The molecule has 12 rings (SSSR count). The van der Waals surface area contributed by atoms with Crippen molar-refractivity contribution in [1.29, 1.82) is 10.5 Å². The third-order valence-corrected chi connectivity index (χ3v) is 14.4. The zero-order chi connectivity index (χ0) is 43.4. The van der Waals surface area contributed by atoms with Crippen LogP contribution in [-0.2, 0) is 0 Å². The molecule has 0 saturated heterocycles. The molecule has 302 valence electrons. The fourth-order valence-electron chi connectivity index (χ4n) is 10.4. The van der Waals surface area contributed by atoms with Crippen molar-refractivity contribution >= 4 is 77.9 Å². The van der Waals surface area contributed by atoms with Gasteiger partial charge in [0.05, 0.1) is 33.5 Å². The number of fused-ring (bicyclic) bond motifs is 9. The van der Waals surface area contributed by atoms with Crippen LogP contribution in [0.15, 0.2) is 156 Å². The lowest BCUT2D eigenvalue weighted by Gasteiger charge is -2.20. The van der Waals surface area contributed by atoms with Crippen LogP contribution >= 0.6 is 23.5 Å². The molecule has 0 amide bonds. The second-order valence-electron chi connectivity index (χ2n) is 16.6. The van der Waals surface area contributed by atoms with Gasteiger partial charge >= 0.3 is 0 Å². The van der Waals surface area contributed by atoms with E-state index in [4.69, 9.17) is 9.97 Å². The quantitative estimate of drug-likeness (QED) is 0.122. The average Bonchev–Trinajstić information content (AvgIpc) is 3.94. The first-order valence-corrected chi connectivity index (χ1v) is 22.8. The van der Waals surface area contributed by atoms with Gasteiger partial charge in [0, 0.05) is 73.0 Å². The molecule has 11 aromatic rings. The number of hydrogen-bond donors (Lipinski definition) is 0. The zero-order valence-electron chi connectivity index (χ0n) is 35.4. The largest absolute Gasteiger partial charge is 0.309 e. The predicted molar refractivity (Wildman–Crippen MR) is 265 cm³/mol. The molecule has 0 radical (unpaired) electrons. The third-order valence-electron chi connectivity index (χ3n) is 13.1. The summed E-state index contributed by atoms with van der Waals surface area (Å²) in [6.45, 7) is 8.88. The summed E-state index contributed by atoms with van der Waals surface area (Å²) in [6, 6.07) is 52.9. The van der Waals surface area contributed by atoms with E-state index in [1.165, 1.54) is 54.7 Å². The lowest BCUT2D eigenvalue weighted by molar-refractivity contribution is 0.943. The minimum absolute atomic E-state index is 0.442. The van der Waals surface area contributed by atoms with Crippen molar-refractivity contribution in [3.05, 3.63) is 168 Å². The number of nitriles is 2. The Balaban J connectivity index is 1.11. The highest BCUT2D eigenvalue weighted by atomic mass is 32.2. The Bertz CT molecular complexity index is 3580. The maximum atomic E-state index is 9.73. The molecule has 8 aromatic carbocycles. The van der Waals surface area contributed by atoms with Gasteiger partial charge in [0.15, 0.2) is 0 Å². The fourth-order valence-corrected chi connectivity index (χ4v) is 11.3. The Morgan fingerprint density at radius 2 is 0.719 bits per heavy atom.